The van der Waals surface area contributed by atoms with Crippen LogP contribution in [-0.4, -0.2) is 15.7 Å². The molecule has 2 rings (SSSR count). The second-order valence-electron chi connectivity index (χ2n) is 4.16. The smallest absolute Gasteiger partial charge is 0.175 e. The molecule has 0 bridgehead atoms. The zero-order valence-electron chi connectivity index (χ0n) is 10.4. The molecule has 0 heterocycles. The fourth-order valence-corrected chi connectivity index (χ4v) is 3.25. The number of carbonyl (C=O) groups is 1. The van der Waals surface area contributed by atoms with E-state index in [1.165, 1.54) is 0 Å². The van der Waals surface area contributed by atoms with Gasteiger partial charge in [0, 0.05) is 5.56 Å². The van der Waals surface area contributed by atoms with Crippen LogP contribution in [-0.2, 0) is 10.8 Å². The molecule has 2 nitrogen and oxygen atoms in total. The average molecular weight is 293 g/mol. The molecule has 0 amide bonds. The number of hydrogen-bond donors (Lipinski definition) is 0. The van der Waals surface area contributed by atoms with Crippen molar-refractivity contribution < 1.29 is 9.00 Å². The second kappa shape index (κ2) is 6.13. The van der Waals surface area contributed by atoms with E-state index in [0.29, 0.717) is 15.5 Å². The van der Waals surface area contributed by atoms with Crippen LogP contribution in [0.2, 0.25) is 5.02 Å². The Morgan fingerprint density at radius 1 is 1.11 bits per heavy atom. The van der Waals surface area contributed by atoms with Crippen LogP contribution in [0.25, 0.3) is 0 Å². The summed E-state index contributed by atoms with van der Waals surface area (Å²) in [7, 11) is -1.42. The van der Waals surface area contributed by atoms with Crippen molar-refractivity contribution in [2.45, 2.75) is 11.8 Å². The van der Waals surface area contributed by atoms with Gasteiger partial charge in [0.05, 0.1) is 26.5 Å². The second-order valence-corrected chi connectivity index (χ2v) is 5.99. The molecule has 0 N–H and O–H groups in total. The number of aryl methyl sites for hydroxylation is 1. The highest BCUT2D eigenvalue weighted by Gasteiger charge is 2.15. The van der Waals surface area contributed by atoms with Gasteiger partial charge in [0.25, 0.3) is 0 Å². The molecule has 0 fully saturated rings. The minimum atomic E-state index is -1.42. The summed E-state index contributed by atoms with van der Waals surface area (Å²) in [6, 6.07) is 14.2. The van der Waals surface area contributed by atoms with Gasteiger partial charge >= 0.3 is 0 Å². The molecule has 98 valence electrons. The Morgan fingerprint density at radius 2 is 1.74 bits per heavy atom. The van der Waals surface area contributed by atoms with Crippen LogP contribution in [0, 0.1) is 6.92 Å². The van der Waals surface area contributed by atoms with Crippen LogP contribution < -0.4 is 0 Å². The average Bonchev–Trinajstić information content (AvgIpc) is 2.39. The Balaban J connectivity index is 2.19. The number of rotatable bonds is 4. The van der Waals surface area contributed by atoms with E-state index in [1.54, 1.807) is 36.4 Å². The molecule has 1 atom stereocenters. The third-order valence-corrected chi connectivity index (χ3v) is 4.60. The summed E-state index contributed by atoms with van der Waals surface area (Å²) >= 11 is 5.98. The highest BCUT2D eigenvalue weighted by Crippen LogP contribution is 2.20. The van der Waals surface area contributed by atoms with Crippen LogP contribution >= 0.6 is 11.6 Å². The van der Waals surface area contributed by atoms with E-state index >= 15 is 0 Å². The summed E-state index contributed by atoms with van der Waals surface area (Å²) in [5.74, 6) is -0.175. The summed E-state index contributed by atoms with van der Waals surface area (Å²) in [5.41, 5.74) is 1.51. The van der Waals surface area contributed by atoms with Crippen molar-refractivity contribution in [3.63, 3.8) is 0 Å². The molecule has 0 aliphatic carbocycles. The van der Waals surface area contributed by atoms with Crippen molar-refractivity contribution in [3.05, 3.63) is 64.7 Å². The van der Waals surface area contributed by atoms with Gasteiger partial charge in [-0.15, -0.1) is 0 Å². The molecule has 4 heteroatoms. The van der Waals surface area contributed by atoms with Crippen LogP contribution in [0.1, 0.15) is 15.9 Å². The zero-order chi connectivity index (χ0) is 13.8. The van der Waals surface area contributed by atoms with Crippen molar-refractivity contribution in [2.75, 3.05) is 5.75 Å². The molecule has 19 heavy (non-hydrogen) atoms. The predicted octanol–water partition coefficient (Wildman–Crippen LogP) is 3.64. The monoisotopic (exact) mass is 292 g/mol. The molecule has 0 aliphatic heterocycles. The molecule has 0 radical (unpaired) electrons. The number of hydrogen-bond acceptors (Lipinski definition) is 2. The Kier molecular flexibility index (Phi) is 4.51. The first-order chi connectivity index (χ1) is 9.09. The Bertz CT molecular complexity index is 582. The van der Waals surface area contributed by atoms with Crippen molar-refractivity contribution in [3.8, 4) is 0 Å². The van der Waals surface area contributed by atoms with Crippen molar-refractivity contribution in [1.29, 1.82) is 0 Å². The van der Waals surface area contributed by atoms with Gasteiger partial charge in [0.1, 0.15) is 0 Å². The first-order valence-corrected chi connectivity index (χ1v) is 7.51. The van der Waals surface area contributed by atoms with E-state index in [1.807, 2.05) is 19.1 Å². The summed E-state index contributed by atoms with van der Waals surface area (Å²) in [6.45, 7) is 1.87. The standard InChI is InChI=1S/C15H13ClO2S/c1-11-6-2-3-7-12(11)14(17)10-19(18)15-9-5-4-8-13(15)16/h2-9H,10H2,1H3. The van der Waals surface area contributed by atoms with E-state index in [-0.39, 0.29) is 11.5 Å². The largest absolute Gasteiger partial charge is 0.293 e. The fourth-order valence-electron chi connectivity index (χ4n) is 1.79. The van der Waals surface area contributed by atoms with Gasteiger partial charge in [-0.05, 0) is 24.6 Å². The maximum Gasteiger partial charge on any atom is 0.175 e. The number of benzene rings is 2. The zero-order valence-corrected chi connectivity index (χ0v) is 12.0. The molecule has 0 saturated carbocycles. The number of carbonyl (C=O) groups excluding carboxylic acids is 1. The maximum atomic E-state index is 12.2. The van der Waals surface area contributed by atoms with E-state index < -0.39 is 10.8 Å². The van der Waals surface area contributed by atoms with Gasteiger partial charge in [0.2, 0.25) is 0 Å². The Morgan fingerprint density at radius 3 is 2.42 bits per heavy atom. The van der Waals surface area contributed by atoms with Crippen LogP contribution in [0.15, 0.2) is 53.4 Å². The molecule has 2 aromatic rings. The van der Waals surface area contributed by atoms with E-state index in [4.69, 9.17) is 11.6 Å². The molecular weight excluding hydrogens is 280 g/mol. The molecule has 0 spiro atoms. The predicted molar refractivity (Wildman–Crippen MR) is 78.2 cm³/mol. The Hall–Kier alpha value is -1.45. The van der Waals surface area contributed by atoms with Gasteiger partial charge in [-0.25, -0.2) is 0 Å². The minimum Gasteiger partial charge on any atom is -0.293 e. The van der Waals surface area contributed by atoms with Gasteiger partial charge in [-0.2, -0.15) is 0 Å². The van der Waals surface area contributed by atoms with Gasteiger partial charge < -0.3 is 0 Å². The van der Waals surface area contributed by atoms with Crippen molar-refractivity contribution >= 4 is 28.2 Å². The van der Waals surface area contributed by atoms with Crippen LogP contribution in [0.4, 0.5) is 0 Å². The number of halogens is 1. The lowest BCUT2D eigenvalue weighted by atomic mass is 10.1. The quantitative estimate of drug-likeness (QED) is 0.806. The van der Waals surface area contributed by atoms with Gasteiger partial charge in [0.15, 0.2) is 5.78 Å². The van der Waals surface area contributed by atoms with Crippen molar-refractivity contribution in [2.24, 2.45) is 0 Å². The van der Waals surface area contributed by atoms with E-state index in [9.17, 15) is 9.00 Å². The van der Waals surface area contributed by atoms with Crippen molar-refractivity contribution in [1.82, 2.24) is 0 Å². The lowest BCUT2D eigenvalue weighted by molar-refractivity contribution is 0.102. The molecular formula is C15H13ClO2S. The van der Waals surface area contributed by atoms with E-state index in [2.05, 4.69) is 0 Å². The molecule has 0 aliphatic rings. The number of ketones is 1. The normalized spacial score (nSPS) is 12.1. The lowest BCUT2D eigenvalue weighted by Crippen LogP contribution is -2.12. The highest BCUT2D eigenvalue weighted by molar-refractivity contribution is 7.86. The lowest BCUT2D eigenvalue weighted by Gasteiger charge is -2.06. The molecule has 0 saturated heterocycles. The topological polar surface area (TPSA) is 34.1 Å². The summed E-state index contributed by atoms with van der Waals surface area (Å²) in [4.78, 5) is 12.6. The molecule has 1 unspecified atom stereocenters. The summed E-state index contributed by atoms with van der Waals surface area (Å²) in [5, 5.41) is 0.429. The first kappa shape index (κ1) is 14.0. The van der Waals surface area contributed by atoms with Crippen LogP contribution in [0.5, 0.6) is 0 Å². The van der Waals surface area contributed by atoms with Gasteiger partial charge in [-0.1, -0.05) is 48.0 Å². The first-order valence-electron chi connectivity index (χ1n) is 5.81. The Labute approximate surface area is 119 Å². The molecule has 2 aromatic carbocycles. The maximum absolute atomic E-state index is 12.2. The SMILES string of the molecule is Cc1ccccc1C(=O)CS(=O)c1ccccc1Cl. The number of Topliss-reactive ketones (excluding diaryl/α,β-unsaturated/α-hetero) is 1. The molecule has 0 aromatic heterocycles. The fraction of sp³-hybridized carbons (Fsp3) is 0.133. The van der Waals surface area contributed by atoms with E-state index in [0.717, 1.165) is 5.56 Å². The summed E-state index contributed by atoms with van der Waals surface area (Å²) in [6.07, 6.45) is 0. The summed E-state index contributed by atoms with van der Waals surface area (Å²) < 4.78 is 12.2. The van der Waals surface area contributed by atoms with Gasteiger partial charge in [-0.3, -0.25) is 9.00 Å². The minimum absolute atomic E-state index is 0.0470. The third-order valence-electron chi connectivity index (χ3n) is 2.79. The highest BCUT2D eigenvalue weighted by atomic mass is 35.5. The van der Waals surface area contributed by atoms with Crippen LogP contribution in [0.3, 0.4) is 0 Å². The third kappa shape index (κ3) is 3.31.